The van der Waals surface area contributed by atoms with Gasteiger partial charge in [-0.3, -0.25) is 9.88 Å². The van der Waals surface area contributed by atoms with E-state index in [0.717, 1.165) is 18.3 Å². The summed E-state index contributed by atoms with van der Waals surface area (Å²) in [6.07, 6.45) is 7.20. The first-order valence-corrected chi connectivity index (χ1v) is 6.70. The largest absolute Gasteiger partial charge is 0.388 e. The smallest absolute Gasteiger partial charge is 0.0564 e. The van der Waals surface area contributed by atoms with Crippen LogP contribution in [0.15, 0.2) is 18.3 Å². The van der Waals surface area contributed by atoms with E-state index >= 15 is 0 Å². The van der Waals surface area contributed by atoms with Crippen LogP contribution in [0.3, 0.4) is 0 Å². The molecule has 17 heavy (non-hydrogen) atoms. The maximum absolute atomic E-state index is 4.46. The van der Waals surface area contributed by atoms with Crippen molar-refractivity contribution in [1.82, 2.24) is 9.88 Å². The van der Waals surface area contributed by atoms with Gasteiger partial charge >= 0.3 is 0 Å². The lowest BCUT2D eigenvalue weighted by Crippen LogP contribution is -2.27. The molecule has 3 nitrogen and oxygen atoms in total. The highest BCUT2D eigenvalue weighted by atomic mass is 15.2. The van der Waals surface area contributed by atoms with Crippen molar-refractivity contribution in [3.05, 3.63) is 24.0 Å². The zero-order valence-corrected chi connectivity index (χ0v) is 10.9. The van der Waals surface area contributed by atoms with E-state index in [-0.39, 0.29) is 0 Å². The molecule has 0 spiro atoms. The van der Waals surface area contributed by atoms with E-state index in [0.29, 0.717) is 0 Å². The number of anilines is 1. The number of hydrogen-bond donors (Lipinski definition) is 1. The second-order valence-electron chi connectivity index (χ2n) is 4.84. The van der Waals surface area contributed by atoms with Gasteiger partial charge in [-0.25, -0.2) is 0 Å². The molecule has 0 radical (unpaired) electrons. The lowest BCUT2D eigenvalue weighted by Gasteiger charge is -2.21. The number of nitrogens with one attached hydrogen (secondary N) is 1. The molecule has 0 atom stereocenters. The van der Waals surface area contributed by atoms with Crippen LogP contribution in [0.5, 0.6) is 0 Å². The van der Waals surface area contributed by atoms with Crippen LogP contribution in [0.25, 0.3) is 0 Å². The predicted octanol–water partition coefficient (Wildman–Crippen LogP) is 2.89. The number of hydrogen-bond acceptors (Lipinski definition) is 3. The first-order chi connectivity index (χ1) is 8.33. The second-order valence-corrected chi connectivity index (χ2v) is 4.84. The van der Waals surface area contributed by atoms with Crippen LogP contribution in [0, 0.1) is 0 Å². The molecule has 1 fully saturated rings. The molecular weight excluding hydrogens is 210 g/mol. The van der Waals surface area contributed by atoms with E-state index in [9.17, 15) is 0 Å². The summed E-state index contributed by atoms with van der Waals surface area (Å²) in [5, 5.41) is 3.17. The number of pyridine rings is 1. The van der Waals surface area contributed by atoms with Gasteiger partial charge in [0.15, 0.2) is 0 Å². The van der Waals surface area contributed by atoms with Crippen molar-refractivity contribution < 1.29 is 0 Å². The van der Waals surface area contributed by atoms with Gasteiger partial charge in [0, 0.05) is 31.5 Å². The van der Waals surface area contributed by atoms with Gasteiger partial charge in [0.2, 0.25) is 0 Å². The summed E-state index contributed by atoms with van der Waals surface area (Å²) in [4.78, 5) is 7.05. The Kier molecular flexibility index (Phi) is 4.37. The van der Waals surface area contributed by atoms with Crippen LogP contribution in [0.2, 0.25) is 0 Å². The van der Waals surface area contributed by atoms with Crippen LogP contribution in [0.1, 0.15) is 38.3 Å². The summed E-state index contributed by atoms with van der Waals surface area (Å²) in [5.41, 5.74) is 2.33. The number of unbranched alkanes of at least 4 members (excludes halogenated alkanes) is 1. The van der Waals surface area contributed by atoms with Gasteiger partial charge in [-0.1, -0.05) is 13.3 Å². The summed E-state index contributed by atoms with van der Waals surface area (Å²) in [7, 11) is 1.95. The molecule has 1 heterocycles. The summed E-state index contributed by atoms with van der Waals surface area (Å²) in [6, 6.07) is 4.99. The lowest BCUT2D eigenvalue weighted by molar-refractivity contribution is 0.248. The fraction of sp³-hybridized carbons (Fsp3) is 0.643. The highest BCUT2D eigenvalue weighted by molar-refractivity contribution is 5.42. The minimum atomic E-state index is 0.821. The van der Waals surface area contributed by atoms with Crippen molar-refractivity contribution in [2.24, 2.45) is 0 Å². The van der Waals surface area contributed by atoms with Gasteiger partial charge < -0.3 is 5.32 Å². The topological polar surface area (TPSA) is 28.2 Å². The Morgan fingerprint density at radius 3 is 2.94 bits per heavy atom. The molecule has 1 aliphatic rings. The van der Waals surface area contributed by atoms with Gasteiger partial charge in [0.25, 0.3) is 0 Å². The van der Waals surface area contributed by atoms with Crippen molar-refractivity contribution in [3.63, 3.8) is 0 Å². The number of nitrogens with zero attached hydrogens (tertiary/aromatic N) is 2. The second kappa shape index (κ2) is 6.01. The maximum Gasteiger partial charge on any atom is 0.0564 e. The zero-order valence-electron chi connectivity index (χ0n) is 10.9. The predicted molar refractivity (Wildman–Crippen MR) is 72.1 cm³/mol. The number of rotatable bonds is 7. The molecule has 1 aliphatic carbocycles. The molecule has 0 amide bonds. The van der Waals surface area contributed by atoms with Gasteiger partial charge in [-0.15, -0.1) is 0 Å². The van der Waals surface area contributed by atoms with Crippen molar-refractivity contribution in [1.29, 1.82) is 0 Å². The van der Waals surface area contributed by atoms with Crippen LogP contribution in [0.4, 0.5) is 5.69 Å². The molecule has 1 N–H and O–H groups in total. The van der Waals surface area contributed by atoms with E-state index in [4.69, 9.17) is 0 Å². The van der Waals surface area contributed by atoms with Gasteiger partial charge in [-0.05, 0) is 37.9 Å². The third-order valence-corrected chi connectivity index (χ3v) is 3.33. The molecule has 0 unspecified atom stereocenters. The Hall–Kier alpha value is -1.09. The van der Waals surface area contributed by atoms with Gasteiger partial charge in [-0.2, -0.15) is 0 Å². The Bertz CT molecular complexity index is 347. The Morgan fingerprint density at radius 2 is 2.29 bits per heavy atom. The summed E-state index contributed by atoms with van der Waals surface area (Å²) in [6.45, 7) is 4.47. The van der Waals surface area contributed by atoms with Crippen molar-refractivity contribution in [2.45, 2.75) is 45.2 Å². The normalized spacial score (nSPS) is 15.2. The molecule has 1 aromatic rings. The zero-order chi connectivity index (χ0) is 12.1. The van der Waals surface area contributed by atoms with E-state index < -0.39 is 0 Å². The Morgan fingerprint density at radius 1 is 1.47 bits per heavy atom. The van der Waals surface area contributed by atoms with Gasteiger partial charge in [0.05, 0.1) is 5.69 Å². The fourth-order valence-corrected chi connectivity index (χ4v) is 2.12. The fourth-order valence-electron chi connectivity index (χ4n) is 2.12. The molecule has 2 rings (SSSR count). The van der Waals surface area contributed by atoms with Crippen molar-refractivity contribution >= 4 is 5.69 Å². The van der Waals surface area contributed by atoms with E-state index in [1.54, 1.807) is 0 Å². The third-order valence-electron chi connectivity index (χ3n) is 3.33. The van der Waals surface area contributed by atoms with Gasteiger partial charge in [0.1, 0.15) is 0 Å². The average molecular weight is 233 g/mol. The Balaban J connectivity index is 1.95. The quantitative estimate of drug-likeness (QED) is 0.785. The minimum absolute atomic E-state index is 0.821. The molecule has 0 aliphatic heterocycles. The van der Waals surface area contributed by atoms with E-state index in [1.165, 1.54) is 37.9 Å². The first kappa shape index (κ1) is 12.4. The van der Waals surface area contributed by atoms with Crippen molar-refractivity contribution in [2.75, 3.05) is 18.9 Å². The minimum Gasteiger partial charge on any atom is -0.388 e. The summed E-state index contributed by atoms with van der Waals surface area (Å²) >= 11 is 0. The average Bonchev–Trinajstić information content (AvgIpc) is 3.19. The first-order valence-electron chi connectivity index (χ1n) is 6.70. The summed E-state index contributed by atoms with van der Waals surface area (Å²) < 4.78 is 0. The maximum atomic E-state index is 4.46. The molecular formula is C14H23N3. The lowest BCUT2D eigenvalue weighted by atomic mass is 10.2. The molecule has 0 bridgehead atoms. The highest BCUT2D eigenvalue weighted by Crippen LogP contribution is 2.28. The highest BCUT2D eigenvalue weighted by Gasteiger charge is 2.28. The number of aromatic nitrogens is 1. The molecule has 94 valence electrons. The van der Waals surface area contributed by atoms with E-state index in [1.807, 2.05) is 19.3 Å². The van der Waals surface area contributed by atoms with Crippen LogP contribution in [-0.4, -0.2) is 29.5 Å². The summed E-state index contributed by atoms with van der Waals surface area (Å²) in [5.74, 6) is 0. The standard InChI is InChI=1S/C14H23N3/c1-3-4-9-17(14-5-6-14)11-13-10-12(15-2)7-8-16-13/h7-8,10,14H,3-6,9,11H2,1-2H3,(H,15,16). The molecule has 0 aromatic carbocycles. The molecule has 1 saturated carbocycles. The van der Waals surface area contributed by atoms with Crippen LogP contribution >= 0.6 is 0 Å². The van der Waals surface area contributed by atoms with Crippen LogP contribution < -0.4 is 5.32 Å². The Labute approximate surface area is 104 Å². The third kappa shape index (κ3) is 3.70. The molecule has 3 heteroatoms. The monoisotopic (exact) mass is 233 g/mol. The van der Waals surface area contributed by atoms with Crippen LogP contribution in [-0.2, 0) is 6.54 Å². The molecule has 1 aromatic heterocycles. The SMILES string of the molecule is CCCCN(Cc1cc(NC)ccn1)C1CC1. The van der Waals surface area contributed by atoms with Crippen molar-refractivity contribution in [3.8, 4) is 0 Å². The van der Waals surface area contributed by atoms with E-state index in [2.05, 4.69) is 28.2 Å². The molecule has 0 saturated heterocycles.